The maximum atomic E-state index is 5.84. The van der Waals surface area contributed by atoms with E-state index in [1.807, 2.05) is 30.5 Å². The number of hydrogen-bond acceptors (Lipinski definition) is 4. The Hall–Kier alpha value is -3.15. The van der Waals surface area contributed by atoms with Crippen LogP contribution in [0.3, 0.4) is 0 Å². The van der Waals surface area contributed by atoms with Crippen LogP contribution in [0, 0.1) is 0 Å². The first-order chi connectivity index (χ1) is 10.3. The van der Waals surface area contributed by atoms with Gasteiger partial charge < -0.3 is 10.7 Å². The van der Waals surface area contributed by atoms with Gasteiger partial charge in [-0.3, -0.25) is 0 Å². The first-order valence-corrected chi connectivity index (χ1v) is 6.50. The summed E-state index contributed by atoms with van der Waals surface area (Å²) in [6, 6.07) is 7.69. The number of rotatable bonds is 2. The van der Waals surface area contributed by atoms with E-state index < -0.39 is 0 Å². The molecule has 3 heterocycles. The fourth-order valence-electron chi connectivity index (χ4n) is 2.33. The molecule has 0 aliphatic rings. The van der Waals surface area contributed by atoms with E-state index in [-0.39, 0.29) is 0 Å². The molecule has 0 saturated carbocycles. The van der Waals surface area contributed by atoms with Crippen LogP contribution in [0.2, 0.25) is 0 Å². The number of H-pyrrole nitrogens is 1. The molecule has 0 radical (unpaired) electrons. The minimum absolute atomic E-state index is 0.721. The fraction of sp³-hybridized carbons (Fsp3) is 0. The van der Waals surface area contributed by atoms with Crippen molar-refractivity contribution >= 4 is 11.3 Å². The van der Waals surface area contributed by atoms with Crippen molar-refractivity contribution in [3.8, 4) is 22.5 Å². The molecule has 0 fully saturated rings. The average molecular weight is 276 g/mol. The first kappa shape index (κ1) is 11.7. The summed E-state index contributed by atoms with van der Waals surface area (Å²) < 4.78 is 1.75. The Kier molecular flexibility index (Phi) is 2.47. The van der Waals surface area contributed by atoms with Crippen molar-refractivity contribution in [2.24, 2.45) is 0 Å². The van der Waals surface area contributed by atoms with Crippen molar-refractivity contribution in [2.45, 2.75) is 0 Å². The Morgan fingerprint density at radius 3 is 2.86 bits per heavy atom. The average Bonchev–Trinajstić information content (AvgIpc) is 3.16. The molecule has 6 heteroatoms. The predicted molar refractivity (Wildman–Crippen MR) is 80.4 cm³/mol. The zero-order valence-electron chi connectivity index (χ0n) is 11.1. The lowest BCUT2D eigenvalue weighted by Gasteiger charge is -2.01. The molecule has 0 unspecified atom stereocenters. The molecule has 6 nitrogen and oxygen atoms in total. The van der Waals surface area contributed by atoms with Crippen molar-refractivity contribution in [1.29, 1.82) is 0 Å². The molecule has 0 spiro atoms. The maximum absolute atomic E-state index is 5.84. The molecule has 0 atom stereocenters. The van der Waals surface area contributed by atoms with Crippen molar-refractivity contribution in [3.05, 3.63) is 55.2 Å². The lowest BCUT2D eigenvalue weighted by atomic mass is 10.1. The van der Waals surface area contributed by atoms with E-state index >= 15 is 0 Å². The maximum Gasteiger partial charge on any atom is 0.162 e. The van der Waals surface area contributed by atoms with Crippen molar-refractivity contribution in [1.82, 2.24) is 24.6 Å². The number of anilines is 1. The summed E-state index contributed by atoms with van der Waals surface area (Å²) in [5, 5.41) is 4.37. The number of nitrogens with two attached hydrogens (primary N) is 1. The standard InChI is InChI=1S/C15H12N6/c16-12-3-1-2-10(6-12)13-8-20-21-9-11(7-19-15(13)21)14-17-4-5-18-14/h1-9H,16H2,(H,17,18). The topological polar surface area (TPSA) is 84.9 Å². The fourth-order valence-corrected chi connectivity index (χ4v) is 2.33. The molecule has 4 aromatic rings. The number of imidazole rings is 1. The van der Waals surface area contributed by atoms with Gasteiger partial charge in [0.05, 0.1) is 11.8 Å². The molecular formula is C15H12N6. The summed E-state index contributed by atoms with van der Waals surface area (Å²) in [5.74, 6) is 0.769. The third-order valence-corrected chi connectivity index (χ3v) is 3.33. The second-order valence-corrected chi connectivity index (χ2v) is 4.73. The van der Waals surface area contributed by atoms with Crippen LogP contribution < -0.4 is 5.73 Å². The van der Waals surface area contributed by atoms with Crippen LogP contribution in [0.15, 0.2) is 55.2 Å². The largest absolute Gasteiger partial charge is 0.399 e. The number of benzene rings is 1. The Labute approximate surface area is 120 Å². The van der Waals surface area contributed by atoms with Gasteiger partial charge in [0.25, 0.3) is 0 Å². The normalized spacial score (nSPS) is 11.0. The van der Waals surface area contributed by atoms with Gasteiger partial charge in [0.15, 0.2) is 5.65 Å². The van der Waals surface area contributed by atoms with E-state index in [2.05, 4.69) is 20.1 Å². The Morgan fingerprint density at radius 1 is 1.10 bits per heavy atom. The highest BCUT2D eigenvalue weighted by atomic mass is 15.2. The minimum Gasteiger partial charge on any atom is -0.399 e. The van der Waals surface area contributed by atoms with Gasteiger partial charge in [-0.25, -0.2) is 14.5 Å². The molecule has 4 rings (SSSR count). The molecule has 21 heavy (non-hydrogen) atoms. The van der Waals surface area contributed by atoms with Gasteiger partial charge in [0.1, 0.15) is 5.82 Å². The number of nitrogens with one attached hydrogen (secondary N) is 1. The van der Waals surface area contributed by atoms with E-state index in [1.165, 1.54) is 0 Å². The van der Waals surface area contributed by atoms with Gasteiger partial charge in [-0.05, 0) is 17.7 Å². The summed E-state index contributed by atoms with van der Waals surface area (Å²) in [6.07, 6.45) is 8.97. The predicted octanol–water partition coefficient (Wildman–Crippen LogP) is 2.37. The van der Waals surface area contributed by atoms with Crippen LogP contribution in [0.4, 0.5) is 5.69 Å². The highest BCUT2D eigenvalue weighted by molar-refractivity contribution is 5.79. The summed E-state index contributed by atoms with van der Waals surface area (Å²) in [5.41, 5.74) is 10.2. The lowest BCUT2D eigenvalue weighted by molar-refractivity contribution is 0.939. The second kappa shape index (κ2) is 4.45. The van der Waals surface area contributed by atoms with Crippen LogP contribution in [0.25, 0.3) is 28.2 Å². The van der Waals surface area contributed by atoms with Crippen LogP contribution in [-0.4, -0.2) is 24.6 Å². The molecule has 0 saturated heterocycles. The molecule has 0 bridgehead atoms. The Morgan fingerprint density at radius 2 is 2.05 bits per heavy atom. The van der Waals surface area contributed by atoms with Crippen molar-refractivity contribution in [3.63, 3.8) is 0 Å². The van der Waals surface area contributed by atoms with E-state index in [4.69, 9.17) is 5.73 Å². The highest BCUT2D eigenvalue weighted by Crippen LogP contribution is 2.25. The van der Waals surface area contributed by atoms with Crippen LogP contribution in [-0.2, 0) is 0 Å². The molecule has 102 valence electrons. The lowest BCUT2D eigenvalue weighted by Crippen LogP contribution is -1.93. The van der Waals surface area contributed by atoms with Crippen molar-refractivity contribution in [2.75, 3.05) is 5.73 Å². The smallest absolute Gasteiger partial charge is 0.162 e. The van der Waals surface area contributed by atoms with E-state index in [9.17, 15) is 0 Å². The molecule has 0 aliphatic heterocycles. The van der Waals surface area contributed by atoms with Gasteiger partial charge in [0.2, 0.25) is 0 Å². The minimum atomic E-state index is 0.721. The SMILES string of the molecule is Nc1cccc(-c2cnn3cc(-c4ncc[nH]4)cnc23)c1. The summed E-state index contributed by atoms with van der Waals surface area (Å²) in [7, 11) is 0. The number of hydrogen-bond donors (Lipinski definition) is 2. The van der Waals surface area contributed by atoms with Crippen LogP contribution >= 0.6 is 0 Å². The van der Waals surface area contributed by atoms with E-state index in [1.54, 1.807) is 29.3 Å². The molecular weight excluding hydrogens is 264 g/mol. The van der Waals surface area contributed by atoms with Crippen LogP contribution in [0.5, 0.6) is 0 Å². The van der Waals surface area contributed by atoms with E-state index in [0.29, 0.717) is 0 Å². The summed E-state index contributed by atoms with van der Waals surface area (Å²) in [6.45, 7) is 0. The molecule has 0 aliphatic carbocycles. The summed E-state index contributed by atoms with van der Waals surface area (Å²) >= 11 is 0. The molecule has 1 aromatic carbocycles. The van der Waals surface area contributed by atoms with Crippen molar-refractivity contribution < 1.29 is 0 Å². The highest BCUT2D eigenvalue weighted by Gasteiger charge is 2.10. The summed E-state index contributed by atoms with van der Waals surface area (Å²) in [4.78, 5) is 11.8. The first-order valence-electron chi connectivity index (χ1n) is 6.50. The van der Waals surface area contributed by atoms with E-state index in [0.717, 1.165) is 33.8 Å². The number of nitrogens with zero attached hydrogens (tertiary/aromatic N) is 4. The van der Waals surface area contributed by atoms with Gasteiger partial charge >= 0.3 is 0 Å². The molecule has 3 N–H and O–H groups in total. The number of fused-ring (bicyclic) bond motifs is 1. The van der Waals surface area contributed by atoms with Gasteiger partial charge in [0, 0.05) is 36.0 Å². The monoisotopic (exact) mass is 276 g/mol. The number of nitrogen functional groups attached to an aromatic ring is 1. The number of aromatic nitrogens is 5. The Bertz CT molecular complexity index is 907. The Balaban J connectivity index is 1.86. The molecule has 0 amide bonds. The van der Waals surface area contributed by atoms with Crippen LogP contribution in [0.1, 0.15) is 0 Å². The molecule has 3 aromatic heterocycles. The second-order valence-electron chi connectivity index (χ2n) is 4.73. The van der Waals surface area contributed by atoms with Gasteiger partial charge in [-0.15, -0.1) is 0 Å². The van der Waals surface area contributed by atoms with Gasteiger partial charge in [-0.2, -0.15) is 5.10 Å². The zero-order valence-corrected chi connectivity index (χ0v) is 11.1. The van der Waals surface area contributed by atoms with Gasteiger partial charge in [-0.1, -0.05) is 12.1 Å². The third kappa shape index (κ3) is 1.93. The quantitative estimate of drug-likeness (QED) is 0.550. The third-order valence-electron chi connectivity index (χ3n) is 3.33. The zero-order chi connectivity index (χ0) is 14.2. The number of aromatic amines is 1.